The van der Waals surface area contributed by atoms with Gasteiger partial charge in [0, 0.05) is 4.92 Å². The smallest absolute Gasteiger partial charge is 0.322 e. The van der Waals surface area contributed by atoms with Gasteiger partial charge < -0.3 is 28.8 Å². The molecule has 1 aliphatic rings. The number of aliphatic hydroxyl groups excluding tert-OH is 1. The third-order valence-electron chi connectivity index (χ3n) is 6.77. The van der Waals surface area contributed by atoms with E-state index in [-0.39, 0.29) is 26.4 Å². The van der Waals surface area contributed by atoms with Crippen LogP contribution < -0.4 is 0 Å². The number of benzene rings is 3. The molecule has 3 aromatic rings. The average molecular weight is 550 g/mol. The van der Waals surface area contributed by atoms with Gasteiger partial charge in [-0.1, -0.05) is 97.1 Å². The summed E-state index contributed by atoms with van der Waals surface area (Å²) in [5.74, 6) is 0. The van der Waals surface area contributed by atoms with Crippen LogP contribution in [0.5, 0.6) is 0 Å². The summed E-state index contributed by atoms with van der Waals surface area (Å²) in [6.45, 7) is 3.27. The maximum atomic E-state index is 12.7. The lowest BCUT2D eigenvalue weighted by atomic mass is 9.83. The van der Waals surface area contributed by atoms with Gasteiger partial charge in [-0.2, -0.15) is 0 Å². The third kappa shape index (κ3) is 7.19. The Hall–Kier alpha value is -3.44. The van der Waals surface area contributed by atoms with Gasteiger partial charge in [-0.05, 0) is 16.7 Å². The van der Waals surface area contributed by atoms with Crippen molar-refractivity contribution in [1.82, 2.24) is 0 Å². The Morgan fingerprint density at radius 2 is 1.38 bits per heavy atom. The molecule has 0 bridgehead atoms. The standard InChI is InChI=1S/C31H35NO8/c1-2-18-37-30-31(23-33,32(34)35)29(39-21-26-16-10-5-11-17-26)28(38-20-25-14-8-4-9-15-25)27(40-30)22-36-19-24-12-6-3-7-13-24/h2-17,27-30,33H,1,18-23H2/t27-,28+,29+,30+,31-/m1/s1. The highest BCUT2D eigenvalue weighted by Gasteiger charge is 2.67. The van der Waals surface area contributed by atoms with Crippen LogP contribution in [0.1, 0.15) is 16.7 Å². The monoisotopic (exact) mass is 549 g/mol. The fourth-order valence-corrected chi connectivity index (χ4v) is 4.68. The van der Waals surface area contributed by atoms with Crippen LogP contribution in [-0.2, 0) is 43.5 Å². The van der Waals surface area contributed by atoms with Crippen LogP contribution in [0, 0.1) is 10.1 Å². The molecule has 212 valence electrons. The molecule has 0 unspecified atom stereocenters. The van der Waals surface area contributed by atoms with Crippen LogP contribution in [0.15, 0.2) is 104 Å². The molecule has 3 aromatic carbocycles. The SMILES string of the molecule is C=CCO[C@H]1O[C@H](COCc2ccccc2)[C@H](OCc2ccccc2)[C@H](OCc2ccccc2)[C@@]1(CO)[N+](=O)[O-]. The Balaban J connectivity index is 1.66. The molecular formula is C31H35NO8. The van der Waals surface area contributed by atoms with E-state index in [1.54, 1.807) is 0 Å². The zero-order valence-electron chi connectivity index (χ0n) is 22.2. The van der Waals surface area contributed by atoms with Crippen LogP contribution in [0.3, 0.4) is 0 Å². The van der Waals surface area contributed by atoms with Crippen molar-refractivity contribution in [3.05, 3.63) is 130 Å². The number of hydrogen-bond donors (Lipinski definition) is 1. The van der Waals surface area contributed by atoms with Crippen molar-refractivity contribution in [2.75, 3.05) is 19.8 Å². The highest BCUT2D eigenvalue weighted by Crippen LogP contribution is 2.38. The molecular weight excluding hydrogens is 514 g/mol. The van der Waals surface area contributed by atoms with Gasteiger partial charge in [0.2, 0.25) is 6.29 Å². The van der Waals surface area contributed by atoms with E-state index in [0.29, 0.717) is 6.61 Å². The van der Waals surface area contributed by atoms with Crippen molar-refractivity contribution < 1.29 is 33.7 Å². The van der Waals surface area contributed by atoms with Gasteiger partial charge in [0.05, 0.1) is 33.0 Å². The molecule has 40 heavy (non-hydrogen) atoms. The van der Waals surface area contributed by atoms with Crippen LogP contribution in [-0.4, -0.2) is 60.0 Å². The molecule has 5 atom stereocenters. The van der Waals surface area contributed by atoms with Crippen molar-refractivity contribution in [3.8, 4) is 0 Å². The third-order valence-corrected chi connectivity index (χ3v) is 6.77. The number of rotatable bonds is 15. The average Bonchev–Trinajstić information content (AvgIpc) is 2.99. The molecule has 0 radical (unpaired) electrons. The molecule has 0 spiro atoms. The number of nitrogens with zero attached hydrogens (tertiary/aromatic N) is 1. The van der Waals surface area contributed by atoms with Crippen LogP contribution in [0.25, 0.3) is 0 Å². The van der Waals surface area contributed by atoms with Crippen molar-refractivity contribution in [2.24, 2.45) is 0 Å². The molecule has 1 aliphatic heterocycles. The van der Waals surface area contributed by atoms with E-state index in [4.69, 9.17) is 23.7 Å². The van der Waals surface area contributed by atoms with E-state index in [1.165, 1.54) is 6.08 Å². The second-order valence-electron chi connectivity index (χ2n) is 9.51. The van der Waals surface area contributed by atoms with Crippen LogP contribution in [0.2, 0.25) is 0 Å². The van der Waals surface area contributed by atoms with Crippen LogP contribution >= 0.6 is 0 Å². The Morgan fingerprint density at radius 3 is 1.88 bits per heavy atom. The van der Waals surface area contributed by atoms with Gasteiger partial charge in [-0.15, -0.1) is 6.58 Å². The Morgan fingerprint density at radius 1 is 0.850 bits per heavy atom. The maximum Gasteiger partial charge on any atom is 0.322 e. The quantitative estimate of drug-likeness (QED) is 0.170. The predicted molar refractivity (Wildman–Crippen MR) is 148 cm³/mol. The lowest BCUT2D eigenvalue weighted by molar-refractivity contribution is -0.628. The summed E-state index contributed by atoms with van der Waals surface area (Å²) in [6, 6.07) is 28.4. The lowest BCUT2D eigenvalue weighted by Gasteiger charge is -2.47. The van der Waals surface area contributed by atoms with Gasteiger partial charge in [-0.25, -0.2) is 0 Å². The van der Waals surface area contributed by atoms with E-state index >= 15 is 0 Å². The molecule has 1 saturated heterocycles. The number of nitro groups is 1. The van der Waals surface area contributed by atoms with E-state index in [2.05, 4.69) is 6.58 Å². The largest absolute Gasteiger partial charge is 0.389 e. The summed E-state index contributed by atoms with van der Waals surface area (Å²) in [7, 11) is 0. The second-order valence-corrected chi connectivity index (χ2v) is 9.51. The Kier molecular flexibility index (Phi) is 10.9. The molecule has 4 rings (SSSR count). The van der Waals surface area contributed by atoms with Crippen LogP contribution in [0.4, 0.5) is 0 Å². The van der Waals surface area contributed by atoms with Gasteiger partial charge in [0.25, 0.3) is 0 Å². The first-order valence-electron chi connectivity index (χ1n) is 13.1. The summed E-state index contributed by atoms with van der Waals surface area (Å²) in [5, 5.41) is 23.3. The van der Waals surface area contributed by atoms with Crippen molar-refractivity contribution in [1.29, 1.82) is 0 Å². The molecule has 1 fully saturated rings. The fraction of sp³-hybridized carbons (Fsp3) is 0.355. The van der Waals surface area contributed by atoms with Gasteiger partial charge in [0.15, 0.2) is 6.10 Å². The molecule has 9 nitrogen and oxygen atoms in total. The predicted octanol–water partition coefficient (Wildman–Crippen LogP) is 4.31. The first-order chi connectivity index (χ1) is 19.6. The van der Waals surface area contributed by atoms with E-state index in [0.717, 1.165) is 16.7 Å². The summed E-state index contributed by atoms with van der Waals surface area (Å²) in [4.78, 5) is 12.1. The normalized spacial score (nSPS) is 24.4. The van der Waals surface area contributed by atoms with E-state index in [9.17, 15) is 15.2 Å². The zero-order valence-corrected chi connectivity index (χ0v) is 22.2. The minimum absolute atomic E-state index is 0.0290. The molecule has 0 aliphatic carbocycles. The molecule has 1 heterocycles. The second kappa shape index (κ2) is 14.8. The Bertz CT molecular complexity index is 1180. The highest BCUT2D eigenvalue weighted by molar-refractivity contribution is 5.16. The summed E-state index contributed by atoms with van der Waals surface area (Å²) in [6.07, 6.45) is -3.01. The topological polar surface area (TPSA) is 110 Å². The number of ether oxygens (including phenoxy) is 5. The summed E-state index contributed by atoms with van der Waals surface area (Å²) in [5.41, 5.74) is 0.474. The summed E-state index contributed by atoms with van der Waals surface area (Å²) < 4.78 is 30.5. The number of hydrogen-bond acceptors (Lipinski definition) is 8. The zero-order chi connectivity index (χ0) is 28.2. The molecule has 0 amide bonds. The van der Waals surface area contributed by atoms with E-state index < -0.39 is 41.7 Å². The minimum atomic E-state index is -2.17. The van der Waals surface area contributed by atoms with Gasteiger partial charge in [0.1, 0.15) is 18.8 Å². The first kappa shape index (κ1) is 29.5. The highest BCUT2D eigenvalue weighted by atomic mass is 16.7. The minimum Gasteiger partial charge on any atom is -0.389 e. The maximum absolute atomic E-state index is 12.7. The van der Waals surface area contributed by atoms with Crippen molar-refractivity contribution >= 4 is 0 Å². The van der Waals surface area contributed by atoms with Crippen molar-refractivity contribution in [3.63, 3.8) is 0 Å². The fourth-order valence-electron chi connectivity index (χ4n) is 4.68. The lowest BCUT2D eigenvalue weighted by Crippen LogP contribution is -2.73. The molecule has 9 heteroatoms. The van der Waals surface area contributed by atoms with E-state index in [1.807, 2.05) is 91.0 Å². The first-order valence-corrected chi connectivity index (χ1v) is 13.1. The Labute approximate surface area is 234 Å². The number of aliphatic hydroxyl groups is 1. The van der Waals surface area contributed by atoms with Gasteiger partial charge in [-0.3, -0.25) is 10.1 Å². The molecule has 0 aromatic heterocycles. The van der Waals surface area contributed by atoms with Crippen molar-refractivity contribution in [2.45, 2.75) is 50.0 Å². The molecule has 1 N–H and O–H groups in total. The summed E-state index contributed by atoms with van der Waals surface area (Å²) >= 11 is 0. The molecule has 0 saturated carbocycles. The van der Waals surface area contributed by atoms with Gasteiger partial charge >= 0.3 is 5.54 Å².